The van der Waals surface area contributed by atoms with Crippen molar-refractivity contribution in [1.82, 2.24) is 19.9 Å². The first-order valence-corrected chi connectivity index (χ1v) is 9.18. The molecule has 0 unspecified atom stereocenters. The van der Waals surface area contributed by atoms with Crippen LogP contribution in [0.4, 0.5) is 23.3 Å². The van der Waals surface area contributed by atoms with E-state index in [1.807, 2.05) is 72.8 Å². The molecule has 0 bridgehead atoms. The van der Waals surface area contributed by atoms with Crippen LogP contribution in [0, 0.1) is 30.6 Å². The van der Waals surface area contributed by atoms with Gasteiger partial charge in [0.05, 0.1) is 10.2 Å². The third-order valence-corrected chi connectivity index (χ3v) is 3.17. The van der Waals surface area contributed by atoms with Crippen LogP contribution in [0.1, 0.15) is 0 Å². The molecule has 0 saturated heterocycles. The van der Waals surface area contributed by atoms with Crippen LogP contribution in [0.2, 0.25) is 0 Å². The van der Waals surface area contributed by atoms with Crippen molar-refractivity contribution in [2.24, 2.45) is 0 Å². The van der Waals surface area contributed by atoms with Crippen LogP contribution in [-0.4, -0.2) is 30.1 Å². The number of hydrogen-bond donors (Lipinski definition) is 2. The molecule has 0 aliphatic carbocycles. The number of nitrogens with one attached hydrogen (secondary N) is 2. The predicted octanol–water partition coefficient (Wildman–Crippen LogP) is 3.96. The molecule has 0 atom stereocenters. The van der Waals surface area contributed by atoms with Crippen LogP contribution < -0.4 is 10.6 Å². The molecule has 4 rings (SSSR count). The van der Waals surface area contributed by atoms with Crippen LogP contribution >= 0.6 is 0 Å². The average Bonchev–Trinajstić information content (AvgIpc) is 2.82. The minimum absolute atomic E-state index is 0. The van der Waals surface area contributed by atoms with Gasteiger partial charge in [0.2, 0.25) is 0 Å². The second kappa shape index (κ2) is 18.7. The molecule has 0 saturated carbocycles. The first-order valence-electron chi connectivity index (χ1n) is 9.18. The number of aromatic nitrogens is 4. The van der Waals surface area contributed by atoms with Crippen molar-refractivity contribution in [1.29, 1.82) is 0 Å². The number of rotatable bonds is 4. The second-order valence-electron chi connectivity index (χ2n) is 5.56. The van der Waals surface area contributed by atoms with E-state index in [0.717, 1.165) is 23.3 Å². The number of pyridine rings is 4. The topological polar surface area (TPSA) is 208 Å². The molecule has 1 radical (unpaired) electrons. The molecule has 0 spiro atoms. The van der Waals surface area contributed by atoms with E-state index in [1.54, 1.807) is 24.8 Å². The summed E-state index contributed by atoms with van der Waals surface area (Å²) in [4.78, 5) is 33.0. The molecule has 185 valence electrons. The molecule has 4 aromatic heterocycles. The monoisotopic (exact) mass is 529 g/mol. The molecule has 0 fully saturated rings. The fourth-order valence-electron chi connectivity index (χ4n) is 2.01. The van der Waals surface area contributed by atoms with Gasteiger partial charge in [-0.15, -0.1) is 0 Å². The van der Waals surface area contributed by atoms with Crippen LogP contribution in [0.15, 0.2) is 97.6 Å². The van der Waals surface area contributed by atoms with Crippen LogP contribution in [0.3, 0.4) is 0 Å². The average molecular weight is 530 g/mol. The summed E-state index contributed by atoms with van der Waals surface area (Å²) in [6.45, 7) is 0. The summed E-state index contributed by atoms with van der Waals surface area (Å²) in [5.41, 5.74) is 0. The van der Waals surface area contributed by atoms with E-state index in [9.17, 15) is 0 Å². The third kappa shape index (κ3) is 17.4. The maximum atomic E-state index is 8.25. The van der Waals surface area contributed by atoms with Crippen LogP contribution in [0.5, 0.6) is 0 Å². The van der Waals surface area contributed by atoms with Gasteiger partial charge in [-0.25, -0.2) is 19.9 Å². The van der Waals surface area contributed by atoms with Gasteiger partial charge in [0.1, 0.15) is 23.3 Å². The summed E-state index contributed by atoms with van der Waals surface area (Å²) in [6.07, 6.45) is 6.97. The molecule has 0 aliphatic heterocycles. The quantitative estimate of drug-likeness (QED) is 0.218. The van der Waals surface area contributed by atoms with E-state index in [4.69, 9.17) is 30.6 Å². The zero-order valence-electron chi connectivity index (χ0n) is 17.7. The second-order valence-corrected chi connectivity index (χ2v) is 5.56. The summed E-state index contributed by atoms with van der Waals surface area (Å²) >= 11 is 0. The Morgan fingerprint density at radius 1 is 0.486 bits per heavy atom. The molecule has 0 aliphatic rings. The SMILES string of the molecule is O=[N+]([O-])[O-].O=[N+]([O-])[O-].[Cu+2].c1ccc(Nc2ccccn2)nc1.c1ccc(Nc2ccccn2)nc1. The van der Waals surface area contributed by atoms with E-state index in [-0.39, 0.29) is 17.1 Å². The Labute approximate surface area is 209 Å². The summed E-state index contributed by atoms with van der Waals surface area (Å²) < 4.78 is 0. The molecule has 35 heavy (non-hydrogen) atoms. The van der Waals surface area contributed by atoms with Gasteiger partial charge in [-0.2, -0.15) is 0 Å². The maximum absolute atomic E-state index is 8.25. The predicted molar refractivity (Wildman–Crippen MR) is 124 cm³/mol. The molecular weight excluding hydrogens is 512 g/mol. The Morgan fingerprint density at radius 2 is 0.686 bits per heavy atom. The van der Waals surface area contributed by atoms with Gasteiger partial charge in [0.15, 0.2) is 0 Å². The van der Waals surface area contributed by atoms with E-state index >= 15 is 0 Å². The van der Waals surface area contributed by atoms with Gasteiger partial charge in [-0.05, 0) is 48.5 Å². The van der Waals surface area contributed by atoms with Crippen molar-refractivity contribution in [2.45, 2.75) is 0 Å². The standard InChI is InChI=1S/2C10H9N3.Cu.2NO3/c2*1-3-7-11-9(5-1)13-10-6-2-4-8-12-10;;2*2-1(3)4/h2*1-8H,(H,11,12,13);;;/q;;+2;2*-1. The fourth-order valence-corrected chi connectivity index (χ4v) is 2.01. The van der Waals surface area contributed by atoms with Crippen molar-refractivity contribution in [2.75, 3.05) is 10.6 Å². The molecule has 14 nitrogen and oxygen atoms in total. The first kappa shape index (κ1) is 30.1. The Balaban J connectivity index is 0.000000499. The van der Waals surface area contributed by atoms with E-state index in [0.29, 0.717) is 0 Å². The molecule has 4 heterocycles. The van der Waals surface area contributed by atoms with Crippen molar-refractivity contribution >= 4 is 23.3 Å². The minimum atomic E-state index is -1.75. The van der Waals surface area contributed by atoms with Crippen molar-refractivity contribution in [3.63, 3.8) is 0 Å². The van der Waals surface area contributed by atoms with Crippen molar-refractivity contribution < 1.29 is 27.2 Å². The van der Waals surface area contributed by atoms with Crippen LogP contribution in [0.25, 0.3) is 0 Å². The summed E-state index contributed by atoms with van der Waals surface area (Å²) in [6, 6.07) is 22.8. The van der Waals surface area contributed by atoms with E-state index in [1.165, 1.54) is 0 Å². The summed E-state index contributed by atoms with van der Waals surface area (Å²) in [7, 11) is 0. The van der Waals surface area contributed by atoms with Crippen LogP contribution in [-0.2, 0) is 17.1 Å². The largest absolute Gasteiger partial charge is 2.00 e. The molecule has 0 aromatic carbocycles. The van der Waals surface area contributed by atoms with Gasteiger partial charge >= 0.3 is 17.1 Å². The Hall–Kier alpha value is -4.88. The number of nitrogens with zero attached hydrogens (tertiary/aromatic N) is 6. The molecule has 0 amide bonds. The minimum Gasteiger partial charge on any atom is -0.356 e. The maximum Gasteiger partial charge on any atom is 2.00 e. The number of anilines is 4. The summed E-state index contributed by atoms with van der Waals surface area (Å²) in [5, 5.41) is 35.7. The third-order valence-electron chi connectivity index (χ3n) is 3.17. The van der Waals surface area contributed by atoms with E-state index < -0.39 is 10.2 Å². The molecular formula is C20H18CuN8O6. The zero-order chi connectivity index (χ0) is 25.0. The van der Waals surface area contributed by atoms with Gasteiger partial charge in [-0.3, -0.25) is 0 Å². The fraction of sp³-hybridized carbons (Fsp3) is 0. The van der Waals surface area contributed by atoms with E-state index in [2.05, 4.69) is 30.6 Å². The zero-order valence-corrected chi connectivity index (χ0v) is 18.6. The Bertz CT molecular complexity index is 912. The summed E-state index contributed by atoms with van der Waals surface area (Å²) in [5.74, 6) is 3.23. The smallest absolute Gasteiger partial charge is 0.356 e. The van der Waals surface area contributed by atoms with Gasteiger partial charge < -0.3 is 41.3 Å². The van der Waals surface area contributed by atoms with Gasteiger partial charge in [0, 0.05) is 24.8 Å². The van der Waals surface area contributed by atoms with Gasteiger partial charge in [0.25, 0.3) is 0 Å². The van der Waals surface area contributed by atoms with Gasteiger partial charge in [-0.1, -0.05) is 24.3 Å². The van der Waals surface area contributed by atoms with Crippen molar-refractivity contribution in [3.8, 4) is 0 Å². The molecule has 4 aromatic rings. The number of hydrogen-bond acceptors (Lipinski definition) is 12. The van der Waals surface area contributed by atoms with Crippen molar-refractivity contribution in [3.05, 3.63) is 128 Å². The Morgan fingerprint density at radius 3 is 0.829 bits per heavy atom. The molecule has 15 heteroatoms. The Kier molecular flexibility index (Phi) is 16.1. The molecule has 2 N–H and O–H groups in total. The first-order chi connectivity index (χ1) is 16.4. The normalized spacial score (nSPS) is 8.46.